The van der Waals surface area contributed by atoms with E-state index in [4.69, 9.17) is 0 Å². The molecule has 0 heterocycles. The SMILES string of the molecule is COC(=O)c1cccc(S(=O)(=O)O)c1Cc1ccccc1. The third-order valence-electron chi connectivity index (χ3n) is 3.04. The summed E-state index contributed by atoms with van der Waals surface area (Å²) in [6.07, 6.45) is 0.196. The number of carbonyl (C=O) groups excluding carboxylic acids is 1. The normalized spacial score (nSPS) is 11.1. The van der Waals surface area contributed by atoms with Gasteiger partial charge in [-0.2, -0.15) is 8.42 Å². The lowest BCUT2D eigenvalue weighted by molar-refractivity contribution is 0.0599. The van der Waals surface area contributed by atoms with Gasteiger partial charge in [0.1, 0.15) is 0 Å². The largest absolute Gasteiger partial charge is 0.465 e. The first-order valence-electron chi connectivity index (χ1n) is 6.15. The zero-order valence-corrected chi connectivity index (χ0v) is 12.1. The van der Waals surface area contributed by atoms with E-state index < -0.39 is 16.1 Å². The van der Waals surface area contributed by atoms with Crippen LogP contribution in [-0.2, 0) is 21.3 Å². The lowest BCUT2D eigenvalue weighted by atomic mass is 10.00. The van der Waals surface area contributed by atoms with Gasteiger partial charge in [-0.15, -0.1) is 0 Å². The minimum absolute atomic E-state index is 0.122. The number of esters is 1. The molecule has 0 spiro atoms. The van der Waals surface area contributed by atoms with Crippen molar-refractivity contribution >= 4 is 16.1 Å². The molecule has 0 fully saturated rings. The van der Waals surface area contributed by atoms with E-state index in [9.17, 15) is 17.8 Å². The second-order valence-electron chi connectivity index (χ2n) is 4.41. The maximum absolute atomic E-state index is 11.8. The Hall–Kier alpha value is -2.18. The molecule has 21 heavy (non-hydrogen) atoms. The minimum Gasteiger partial charge on any atom is -0.465 e. The molecule has 0 unspecified atom stereocenters. The fourth-order valence-corrected chi connectivity index (χ4v) is 2.83. The summed E-state index contributed by atoms with van der Waals surface area (Å²) < 4.78 is 37.0. The predicted octanol–water partition coefficient (Wildman–Crippen LogP) is 2.31. The van der Waals surface area contributed by atoms with Crippen LogP contribution in [0.1, 0.15) is 21.5 Å². The Kier molecular flexibility index (Phi) is 4.40. The first kappa shape index (κ1) is 15.2. The van der Waals surface area contributed by atoms with Crippen molar-refractivity contribution in [3.63, 3.8) is 0 Å². The number of methoxy groups -OCH3 is 1. The van der Waals surface area contributed by atoms with Crippen LogP contribution in [0.2, 0.25) is 0 Å². The van der Waals surface area contributed by atoms with E-state index in [2.05, 4.69) is 4.74 Å². The van der Waals surface area contributed by atoms with Gasteiger partial charge in [0.15, 0.2) is 0 Å². The van der Waals surface area contributed by atoms with Gasteiger partial charge in [0.2, 0.25) is 0 Å². The molecule has 2 aromatic rings. The molecule has 0 aliphatic carbocycles. The van der Waals surface area contributed by atoms with Crippen molar-refractivity contribution in [1.82, 2.24) is 0 Å². The lowest BCUT2D eigenvalue weighted by Crippen LogP contribution is -2.11. The fraction of sp³-hybridized carbons (Fsp3) is 0.133. The summed E-state index contributed by atoms with van der Waals surface area (Å²) in [6, 6.07) is 13.2. The Morgan fingerprint density at radius 1 is 1.10 bits per heavy atom. The molecule has 0 aromatic heterocycles. The molecule has 1 N–H and O–H groups in total. The van der Waals surface area contributed by atoms with E-state index in [0.29, 0.717) is 0 Å². The van der Waals surface area contributed by atoms with Crippen molar-refractivity contribution in [2.75, 3.05) is 7.11 Å². The number of ether oxygens (including phenoxy) is 1. The van der Waals surface area contributed by atoms with Crippen LogP contribution in [0.15, 0.2) is 53.4 Å². The van der Waals surface area contributed by atoms with Crippen LogP contribution in [0, 0.1) is 0 Å². The quantitative estimate of drug-likeness (QED) is 0.692. The first-order chi connectivity index (χ1) is 9.93. The Bertz CT molecular complexity index is 751. The number of benzene rings is 2. The smallest absolute Gasteiger partial charge is 0.338 e. The maximum atomic E-state index is 11.8. The molecular weight excluding hydrogens is 292 g/mol. The molecule has 110 valence electrons. The zero-order valence-electron chi connectivity index (χ0n) is 11.3. The molecule has 0 bridgehead atoms. The monoisotopic (exact) mass is 306 g/mol. The van der Waals surface area contributed by atoms with Crippen LogP contribution in [-0.4, -0.2) is 26.0 Å². The van der Waals surface area contributed by atoms with Crippen LogP contribution >= 0.6 is 0 Å². The van der Waals surface area contributed by atoms with Gasteiger partial charge >= 0.3 is 5.97 Å². The van der Waals surface area contributed by atoms with Gasteiger partial charge < -0.3 is 4.74 Å². The van der Waals surface area contributed by atoms with Crippen molar-refractivity contribution in [1.29, 1.82) is 0 Å². The van der Waals surface area contributed by atoms with Crippen molar-refractivity contribution in [2.24, 2.45) is 0 Å². The molecule has 0 radical (unpaired) electrons. The van der Waals surface area contributed by atoms with Crippen molar-refractivity contribution < 1.29 is 22.5 Å². The average molecular weight is 306 g/mol. The van der Waals surface area contributed by atoms with Gasteiger partial charge in [-0.25, -0.2) is 4.79 Å². The van der Waals surface area contributed by atoms with E-state index in [1.807, 2.05) is 30.3 Å². The molecule has 0 aliphatic rings. The van der Waals surface area contributed by atoms with E-state index in [1.165, 1.54) is 25.3 Å². The highest BCUT2D eigenvalue weighted by atomic mass is 32.2. The maximum Gasteiger partial charge on any atom is 0.338 e. The highest BCUT2D eigenvalue weighted by molar-refractivity contribution is 7.85. The summed E-state index contributed by atoms with van der Waals surface area (Å²) in [5.41, 5.74) is 1.16. The molecule has 0 saturated carbocycles. The van der Waals surface area contributed by atoms with Gasteiger partial charge in [0, 0.05) is 0 Å². The molecule has 0 amide bonds. The summed E-state index contributed by atoms with van der Waals surface area (Å²) in [6.45, 7) is 0. The van der Waals surface area contributed by atoms with Crippen LogP contribution in [0.4, 0.5) is 0 Å². The highest BCUT2D eigenvalue weighted by Crippen LogP contribution is 2.23. The van der Waals surface area contributed by atoms with Gasteiger partial charge in [-0.3, -0.25) is 4.55 Å². The summed E-state index contributed by atoms with van der Waals surface area (Å²) in [5, 5.41) is 0. The average Bonchev–Trinajstić information content (AvgIpc) is 2.46. The summed E-state index contributed by atoms with van der Waals surface area (Å²) >= 11 is 0. The van der Waals surface area contributed by atoms with Crippen LogP contribution in [0.25, 0.3) is 0 Å². The molecule has 6 heteroatoms. The van der Waals surface area contributed by atoms with Crippen molar-refractivity contribution in [3.05, 3.63) is 65.2 Å². The summed E-state index contributed by atoms with van der Waals surface area (Å²) in [4.78, 5) is 11.5. The standard InChI is InChI=1S/C15H14O5S/c1-20-15(16)12-8-5-9-14(21(17,18)19)13(12)10-11-6-3-2-4-7-11/h2-9H,10H2,1H3,(H,17,18,19). The fourth-order valence-electron chi connectivity index (χ4n) is 2.09. The molecule has 2 rings (SSSR count). The Morgan fingerprint density at radius 3 is 2.33 bits per heavy atom. The summed E-state index contributed by atoms with van der Waals surface area (Å²) in [7, 11) is -3.21. The molecule has 5 nitrogen and oxygen atoms in total. The highest BCUT2D eigenvalue weighted by Gasteiger charge is 2.22. The molecular formula is C15H14O5S. The van der Waals surface area contributed by atoms with Crippen LogP contribution in [0.3, 0.4) is 0 Å². The van der Waals surface area contributed by atoms with Crippen molar-refractivity contribution in [3.8, 4) is 0 Å². The third-order valence-corrected chi connectivity index (χ3v) is 3.98. The first-order valence-corrected chi connectivity index (χ1v) is 7.59. The van der Waals surface area contributed by atoms with Gasteiger partial charge in [-0.05, 0) is 29.7 Å². The molecule has 2 aromatic carbocycles. The van der Waals surface area contributed by atoms with Gasteiger partial charge in [-0.1, -0.05) is 36.4 Å². The van der Waals surface area contributed by atoms with Crippen LogP contribution < -0.4 is 0 Å². The van der Waals surface area contributed by atoms with E-state index >= 15 is 0 Å². The molecule has 0 saturated heterocycles. The Morgan fingerprint density at radius 2 is 1.76 bits per heavy atom. The molecule has 0 atom stereocenters. The van der Waals surface area contributed by atoms with Gasteiger partial charge in [0.05, 0.1) is 17.6 Å². The van der Waals surface area contributed by atoms with E-state index in [1.54, 1.807) is 0 Å². The van der Waals surface area contributed by atoms with E-state index in [-0.39, 0.29) is 22.4 Å². The van der Waals surface area contributed by atoms with E-state index in [0.717, 1.165) is 5.56 Å². The topological polar surface area (TPSA) is 80.7 Å². The predicted molar refractivity (Wildman–Crippen MR) is 76.8 cm³/mol. The third kappa shape index (κ3) is 3.48. The zero-order chi connectivity index (χ0) is 15.5. The second kappa shape index (κ2) is 6.07. The van der Waals surface area contributed by atoms with Crippen LogP contribution in [0.5, 0.6) is 0 Å². The van der Waals surface area contributed by atoms with Gasteiger partial charge in [0.25, 0.3) is 10.1 Å². The number of hydrogen-bond acceptors (Lipinski definition) is 4. The number of carbonyl (C=O) groups is 1. The Balaban J connectivity index is 2.61. The summed E-state index contributed by atoms with van der Waals surface area (Å²) in [5.74, 6) is -0.647. The lowest BCUT2D eigenvalue weighted by Gasteiger charge is -2.12. The van der Waals surface area contributed by atoms with Crippen molar-refractivity contribution in [2.45, 2.75) is 11.3 Å². The Labute approximate surface area is 122 Å². The number of hydrogen-bond donors (Lipinski definition) is 1. The molecule has 0 aliphatic heterocycles. The number of rotatable bonds is 4. The minimum atomic E-state index is -4.43. The second-order valence-corrected chi connectivity index (χ2v) is 5.80.